The number of benzene rings is 1. The number of carbonyl (C=O) groups is 3. The first-order valence-electron chi connectivity index (χ1n) is 9.85. The Morgan fingerprint density at radius 3 is 2.37 bits per heavy atom. The average molecular weight is 440 g/mol. The second kappa shape index (κ2) is 11.0. The van der Waals surface area contributed by atoms with Crippen LogP contribution in [0.1, 0.15) is 24.8 Å². The number of ether oxygens (including phenoxy) is 1. The van der Waals surface area contributed by atoms with E-state index in [1.54, 1.807) is 24.1 Å². The normalized spacial score (nSPS) is 15.9. The van der Waals surface area contributed by atoms with Crippen LogP contribution in [-0.4, -0.2) is 69.4 Å². The molecular formula is C20H29N3O6S. The Morgan fingerprint density at radius 1 is 1.17 bits per heavy atom. The van der Waals surface area contributed by atoms with Gasteiger partial charge in [0.15, 0.2) is 0 Å². The van der Waals surface area contributed by atoms with Gasteiger partial charge in [0.25, 0.3) is 0 Å². The van der Waals surface area contributed by atoms with E-state index in [-0.39, 0.29) is 36.5 Å². The van der Waals surface area contributed by atoms with Crippen molar-refractivity contribution in [1.82, 2.24) is 15.5 Å². The van der Waals surface area contributed by atoms with E-state index in [2.05, 4.69) is 10.6 Å². The summed E-state index contributed by atoms with van der Waals surface area (Å²) in [5.74, 6) is -0.821. The van der Waals surface area contributed by atoms with Crippen molar-refractivity contribution in [3.63, 3.8) is 0 Å². The van der Waals surface area contributed by atoms with Gasteiger partial charge in [0, 0.05) is 32.3 Å². The molecule has 0 spiro atoms. The van der Waals surface area contributed by atoms with Crippen molar-refractivity contribution < 1.29 is 27.5 Å². The number of sulfone groups is 1. The third kappa shape index (κ3) is 7.66. The van der Waals surface area contributed by atoms with Gasteiger partial charge in [0.05, 0.1) is 5.75 Å². The number of rotatable bonds is 8. The topological polar surface area (TPSA) is 122 Å². The van der Waals surface area contributed by atoms with Gasteiger partial charge in [0.1, 0.15) is 22.5 Å². The Labute approximate surface area is 177 Å². The molecule has 0 aliphatic carbocycles. The second-order valence-electron chi connectivity index (χ2n) is 7.39. The molecule has 166 valence electrons. The van der Waals surface area contributed by atoms with Crippen molar-refractivity contribution in [3.8, 4) is 0 Å². The molecule has 1 aliphatic rings. The lowest BCUT2D eigenvalue weighted by atomic mass is 9.95. The number of hydrogen-bond acceptors (Lipinski definition) is 6. The summed E-state index contributed by atoms with van der Waals surface area (Å²) < 4.78 is 28.3. The van der Waals surface area contributed by atoms with Crippen molar-refractivity contribution in [2.45, 2.75) is 31.9 Å². The molecule has 30 heavy (non-hydrogen) atoms. The fourth-order valence-corrected chi connectivity index (χ4v) is 3.95. The lowest BCUT2D eigenvalue weighted by Gasteiger charge is -2.33. The number of piperidine rings is 1. The number of likely N-dealkylation sites (tertiary alicyclic amines) is 1. The van der Waals surface area contributed by atoms with Gasteiger partial charge in [-0.3, -0.25) is 9.59 Å². The molecule has 0 saturated carbocycles. The highest BCUT2D eigenvalue weighted by atomic mass is 32.2. The summed E-state index contributed by atoms with van der Waals surface area (Å²) >= 11 is 0. The first kappa shape index (κ1) is 23.7. The van der Waals surface area contributed by atoms with E-state index in [1.165, 1.54) is 0 Å². The van der Waals surface area contributed by atoms with Crippen molar-refractivity contribution >= 4 is 27.7 Å². The zero-order valence-corrected chi connectivity index (χ0v) is 18.1. The van der Waals surface area contributed by atoms with Gasteiger partial charge in [-0.25, -0.2) is 13.2 Å². The van der Waals surface area contributed by atoms with Crippen molar-refractivity contribution in [2.24, 2.45) is 5.92 Å². The van der Waals surface area contributed by atoms with E-state index in [0.29, 0.717) is 25.9 Å². The minimum absolute atomic E-state index is 0.0389. The molecule has 1 aromatic carbocycles. The molecule has 10 heteroatoms. The van der Waals surface area contributed by atoms with Crippen LogP contribution >= 0.6 is 0 Å². The second-order valence-corrected chi connectivity index (χ2v) is 9.65. The summed E-state index contributed by atoms with van der Waals surface area (Å²) in [5, 5.41) is 5.12. The number of nitrogens with zero attached hydrogens (tertiary/aromatic N) is 1. The summed E-state index contributed by atoms with van der Waals surface area (Å²) in [6.07, 6.45) is 1.28. The monoisotopic (exact) mass is 439 g/mol. The predicted octanol–water partition coefficient (Wildman–Crippen LogP) is 0.701. The van der Waals surface area contributed by atoms with Crippen LogP contribution in [0.2, 0.25) is 0 Å². The van der Waals surface area contributed by atoms with Crippen LogP contribution < -0.4 is 10.6 Å². The Hall–Kier alpha value is -2.62. The quantitative estimate of drug-likeness (QED) is 0.615. The first-order valence-corrected chi connectivity index (χ1v) is 11.9. The Kier molecular flexibility index (Phi) is 8.64. The van der Waals surface area contributed by atoms with Gasteiger partial charge in [-0.1, -0.05) is 30.3 Å². The molecule has 1 fully saturated rings. The molecule has 3 amide bonds. The number of carbonyl (C=O) groups excluding carboxylic acids is 3. The largest absolute Gasteiger partial charge is 0.445 e. The zero-order chi connectivity index (χ0) is 22.1. The fraction of sp³-hybridized carbons (Fsp3) is 0.550. The van der Waals surface area contributed by atoms with Gasteiger partial charge < -0.3 is 20.3 Å². The van der Waals surface area contributed by atoms with E-state index in [1.807, 2.05) is 18.2 Å². The average Bonchev–Trinajstić information content (AvgIpc) is 2.74. The van der Waals surface area contributed by atoms with Crippen molar-refractivity contribution in [3.05, 3.63) is 35.9 Å². The minimum Gasteiger partial charge on any atom is -0.445 e. The van der Waals surface area contributed by atoms with Crippen LogP contribution in [0.4, 0.5) is 4.79 Å². The van der Waals surface area contributed by atoms with Crippen LogP contribution in [0, 0.1) is 5.92 Å². The molecule has 1 heterocycles. The van der Waals surface area contributed by atoms with Crippen LogP contribution in [0.25, 0.3) is 0 Å². The maximum atomic E-state index is 12.9. The van der Waals surface area contributed by atoms with Gasteiger partial charge >= 0.3 is 6.09 Å². The highest BCUT2D eigenvalue weighted by Gasteiger charge is 2.32. The molecular weight excluding hydrogens is 410 g/mol. The fourth-order valence-electron chi connectivity index (χ4n) is 3.28. The molecule has 2 N–H and O–H groups in total. The molecule has 2 rings (SSSR count). The lowest BCUT2D eigenvalue weighted by molar-refractivity contribution is -0.137. The van der Waals surface area contributed by atoms with Crippen LogP contribution in [0.5, 0.6) is 0 Å². The number of nitrogens with one attached hydrogen (secondary N) is 2. The van der Waals surface area contributed by atoms with Gasteiger partial charge in [0.2, 0.25) is 11.8 Å². The molecule has 0 radical (unpaired) electrons. The zero-order valence-electron chi connectivity index (χ0n) is 17.3. The maximum absolute atomic E-state index is 12.9. The van der Waals surface area contributed by atoms with E-state index < -0.39 is 22.0 Å². The SMILES string of the molecule is CNC(=O)C1CCN(C(=O)C(CCS(C)(=O)=O)NC(=O)OCc2ccccc2)CC1. The van der Waals surface area contributed by atoms with Gasteiger partial charge in [-0.05, 0) is 24.8 Å². The number of amides is 3. The van der Waals surface area contributed by atoms with E-state index >= 15 is 0 Å². The maximum Gasteiger partial charge on any atom is 0.408 e. The highest BCUT2D eigenvalue weighted by molar-refractivity contribution is 7.90. The molecule has 1 saturated heterocycles. The Bertz CT molecular complexity index is 835. The smallest absolute Gasteiger partial charge is 0.408 e. The number of alkyl carbamates (subject to hydrolysis) is 1. The third-order valence-electron chi connectivity index (χ3n) is 5.00. The molecule has 9 nitrogen and oxygen atoms in total. The summed E-state index contributed by atoms with van der Waals surface area (Å²) in [6.45, 7) is 0.775. The highest BCUT2D eigenvalue weighted by Crippen LogP contribution is 2.18. The van der Waals surface area contributed by atoms with E-state index in [4.69, 9.17) is 4.74 Å². The van der Waals surface area contributed by atoms with E-state index in [9.17, 15) is 22.8 Å². The van der Waals surface area contributed by atoms with Crippen LogP contribution in [-0.2, 0) is 30.8 Å². The van der Waals surface area contributed by atoms with Crippen molar-refractivity contribution in [1.29, 1.82) is 0 Å². The minimum atomic E-state index is -3.31. The molecule has 1 unspecified atom stereocenters. The summed E-state index contributed by atoms with van der Waals surface area (Å²) in [5.41, 5.74) is 0.794. The molecule has 0 bridgehead atoms. The van der Waals surface area contributed by atoms with E-state index in [0.717, 1.165) is 11.8 Å². The van der Waals surface area contributed by atoms with Crippen molar-refractivity contribution in [2.75, 3.05) is 32.1 Å². The standard InChI is InChI=1S/C20H29N3O6S/c1-21-18(24)16-8-11-23(12-9-16)19(25)17(10-13-30(2,27)28)22-20(26)29-14-15-6-4-3-5-7-15/h3-7,16-17H,8-14H2,1-2H3,(H,21,24)(H,22,26). The third-order valence-corrected chi connectivity index (χ3v) is 5.98. The number of hydrogen-bond donors (Lipinski definition) is 2. The Morgan fingerprint density at radius 2 is 1.80 bits per heavy atom. The van der Waals surface area contributed by atoms with Gasteiger partial charge in [-0.2, -0.15) is 0 Å². The van der Waals surface area contributed by atoms with Crippen LogP contribution in [0.3, 0.4) is 0 Å². The molecule has 1 aliphatic heterocycles. The summed E-state index contributed by atoms with van der Waals surface area (Å²) in [7, 11) is -1.74. The predicted molar refractivity (Wildman–Crippen MR) is 111 cm³/mol. The summed E-state index contributed by atoms with van der Waals surface area (Å²) in [4.78, 5) is 38.5. The molecule has 1 atom stereocenters. The Balaban J connectivity index is 1.96. The van der Waals surface area contributed by atoms with Crippen LogP contribution in [0.15, 0.2) is 30.3 Å². The van der Waals surface area contributed by atoms with Gasteiger partial charge in [-0.15, -0.1) is 0 Å². The molecule has 0 aromatic heterocycles. The lowest BCUT2D eigenvalue weighted by Crippen LogP contribution is -2.52. The first-order chi connectivity index (χ1) is 14.2. The summed E-state index contributed by atoms with van der Waals surface area (Å²) in [6, 6.07) is 8.07. The molecule has 1 aromatic rings.